The Morgan fingerprint density at radius 3 is 2.63 bits per heavy atom. The summed E-state index contributed by atoms with van der Waals surface area (Å²) in [4.78, 5) is 20.3. The maximum absolute atomic E-state index is 13.5. The van der Waals surface area contributed by atoms with Crippen molar-refractivity contribution in [2.75, 3.05) is 13.7 Å². The third-order valence-corrected chi connectivity index (χ3v) is 6.56. The summed E-state index contributed by atoms with van der Waals surface area (Å²) in [5, 5.41) is 1.32. The molecule has 2 aromatic carbocycles. The van der Waals surface area contributed by atoms with Crippen LogP contribution in [0.2, 0.25) is 5.02 Å². The quantitative estimate of drug-likeness (QED) is 0.365. The summed E-state index contributed by atoms with van der Waals surface area (Å²) in [5.41, 5.74) is 2.03. The molecule has 4 nitrogen and oxygen atoms in total. The molecule has 0 radical (unpaired) electrons. The van der Waals surface area contributed by atoms with Gasteiger partial charge in [0.1, 0.15) is 10.6 Å². The van der Waals surface area contributed by atoms with E-state index in [1.165, 1.54) is 11.3 Å². The number of rotatable bonds is 7. The molecule has 1 amide bonds. The molecule has 0 bridgehead atoms. The summed E-state index contributed by atoms with van der Waals surface area (Å²) in [6.07, 6.45) is 2.45. The zero-order chi connectivity index (χ0) is 20.9. The maximum atomic E-state index is 13.5. The third-order valence-electron chi connectivity index (χ3n) is 4.90. The van der Waals surface area contributed by atoms with E-state index < -0.39 is 0 Å². The molecule has 2 heterocycles. The van der Waals surface area contributed by atoms with Gasteiger partial charge in [0.15, 0.2) is 0 Å². The minimum atomic E-state index is -0.0695. The lowest BCUT2D eigenvalue weighted by Gasteiger charge is -2.22. The Hall–Kier alpha value is -2.89. The molecule has 0 saturated carbocycles. The fraction of sp³-hybridized carbons (Fsp3) is 0.167. The fourth-order valence-electron chi connectivity index (χ4n) is 3.31. The number of carbonyl (C=O) groups is 1. The van der Waals surface area contributed by atoms with Crippen molar-refractivity contribution in [1.82, 2.24) is 9.88 Å². The Bertz CT molecular complexity index is 1150. The molecular formula is C24H21ClN2O2S. The molecule has 0 aliphatic rings. The van der Waals surface area contributed by atoms with Gasteiger partial charge in [-0.15, -0.1) is 11.3 Å². The lowest BCUT2D eigenvalue weighted by Crippen LogP contribution is -2.32. The van der Waals surface area contributed by atoms with Crippen LogP contribution in [0, 0.1) is 0 Å². The molecule has 0 N–H and O–H groups in total. The van der Waals surface area contributed by atoms with Crippen molar-refractivity contribution in [3.63, 3.8) is 0 Å². The average Bonchev–Trinajstić information content (AvgIpc) is 3.13. The van der Waals surface area contributed by atoms with E-state index in [9.17, 15) is 4.79 Å². The van der Waals surface area contributed by atoms with E-state index in [4.69, 9.17) is 16.3 Å². The number of halogens is 1. The van der Waals surface area contributed by atoms with E-state index in [-0.39, 0.29) is 5.91 Å². The van der Waals surface area contributed by atoms with Gasteiger partial charge in [-0.25, -0.2) is 0 Å². The van der Waals surface area contributed by atoms with Gasteiger partial charge in [-0.2, -0.15) is 0 Å². The minimum Gasteiger partial charge on any atom is -0.497 e. The molecule has 30 heavy (non-hydrogen) atoms. The van der Waals surface area contributed by atoms with Gasteiger partial charge in [-0.05, 0) is 35.9 Å². The second kappa shape index (κ2) is 9.28. The molecule has 0 spiro atoms. The number of hydrogen-bond acceptors (Lipinski definition) is 4. The number of ether oxygens (including phenoxy) is 1. The van der Waals surface area contributed by atoms with Crippen LogP contribution in [0.4, 0.5) is 0 Å². The van der Waals surface area contributed by atoms with Gasteiger partial charge in [0, 0.05) is 41.5 Å². The van der Waals surface area contributed by atoms with E-state index in [1.54, 1.807) is 13.3 Å². The summed E-state index contributed by atoms with van der Waals surface area (Å²) in [6.45, 7) is 1.07. The average molecular weight is 437 g/mol. The zero-order valence-corrected chi connectivity index (χ0v) is 18.1. The van der Waals surface area contributed by atoms with Crippen molar-refractivity contribution in [3.05, 3.63) is 94.1 Å². The van der Waals surface area contributed by atoms with Crippen LogP contribution >= 0.6 is 22.9 Å². The molecule has 4 aromatic rings. The molecule has 0 aliphatic carbocycles. The Morgan fingerprint density at radius 2 is 1.90 bits per heavy atom. The van der Waals surface area contributed by atoms with Crippen molar-refractivity contribution in [2.24, 2.45) is 0 Å². The third kappa shape index (κ3) is 4.48. The molecular weight excluding hydrogens is 416 g/mol. The molecule has 152 valence electrons. The van der Waals surface area contributed by atoms with Crippen molar-refractivity contribution in [2.45, 2.75) is 13.0 Å². The first kappa shape index (κ1) is 20.4. The summed E-state index contributed by atoms with van der Waals surface area (Å²) >= 11 is 8.06. The normalized spacial score (nSPS) is 10.9. The number of hydrogen-bond donors (Lipinski definition) is 0. The molecule has 0 unspecified atom stereocenters. The van der Waals surface area contributed by atoms with Gasteiger partial charge in [0.2, 0.25) is 0 Å². The first-order chi connectivity index (χ1) is 14.7. The number of pyridine rings is 1. The van der Waals surface area contributed by atoms with Crippen LogP contribution in [0.25, 0.3) is 10.1 Å². The lowest BCUT2D eigenvalue weighted by atomic mass is 10.2. The number of fused-ring (bicyclic) bond motifs is 1. The second-order valence-corrected chi connectivity index (χ2v) is 8.32. The number of carbonyl (C=O) groups excluding carboxylic acids is 1. The SMILES string of the molecule is COc1ccc2sc(C(=O)N(CCc3ccccn3)Cc3ccccc3)c(Cl)c2c1. The Balaban J connectivity index is 1.64. The van der Waals surface area contributed by atoms with Crippen LogP contribution in [0.5, 0.6) is 5.75 Å². The Kier molecular flexibility index (Phi) is 6.31. The highest BCUT2D eigenvalue weighted by atomic mass is 35.5. The van der Waals surface area contributed by atoms with Crippen molar-refractivity contribution in [1.29, 1.82) is 0 Å². The molecule has 0 atom stereocenters. The summed E-state index contributed by atoms with van der Waals surface area (Å²) in [7, 11) is 1.62. The van der Waals surface area contributed by atoms with E-state index in [0.29, 0.717) is 29.4 Å². The Morgan fingerprint density at radius 1 is 1.10 bits per heavy atom. The summed E-state index contributed by atoms with van der Waals surface area (Å²) in [6, 6.07) is 21.5. The highest BCUT2D eigenvalue weighted by Gasteiger charge is 2.23. The van der Waals surface area contributed by atoms with Crippen LogP contribution in [0.15, 0.2) is 72.9 Å². The maximum Gasteiger partial charge on any atom is 0.265 e. The number of thiophene rings is 1. The van der Waals surface area contributed by atoms with Crippen LogP contribution in [-0.2, 0) is 13.0 Å². The monoisotopic (exact) mass is 436 g/mol. The lowest BCUT2D eigenvalue weighted by molar-refractivity contribution is 0.0750. The molecule has 4 rings (SSSR count). The van der Waals surface area contributed by atoms with Gasteiger partial charge in [-0.3, -0.25) is 9.78 Å². The second-order valence-electron chi connectivity index (χ2n) is 6.89. The largest absolute Gasteiger partial charge is 0.497 e. The fourth-order valence-corrected chi connectivity index (χ4v) is 4.76. The smallest absolute Gasteiger partial charge is 0.265 e. The van der Waals surface area contributed by atoms with Gasteiger partial charge in [0.25, 0.3) is 5.91 Å². The standard InChI is InChI=1S/C24H21ClN2O2S/c1-29-19-10-11-21-20(15-19)22(25)23(30-21)24(28)27(16-17-7-3-2-4-8-17)14-12-18-9-5-6-13-26-18/h2-11,13,15H,12,14,16H2,1H3. The molecule has 0 aliphatic heterocycles. The number of aromatic nitrogens is 1. The van der Waals surface area contributed by atoms with Crippen molar-refractivity contribution < 1.29 is 9.53 Å². The summed E-state index contributed by atoms with van der Waals surface area (Å²) < 4.78 is 6.27. The highest BCUT2D eigenvalue weighted by Crippen LogP contribution is 2.38. The number of nitrogens with zero attached hydrogens (tertiary/aromatic N) is 2. The predicted molar refractivity (Wildman–Crippen MR) is 123 cm³/mol. The highest BCUT2D eigenvalue weighted by molar-refractivity contribution is 7.21. The van der Waals surface area contributed by atoms with Crippen LogP contribution in [-0.4, -0.2) is 29.4 Å². The van der Waals surface area contributed by atoms with Crippen molar-refractivity contribution >= 4 is 38.9 Å². The van der Waals surface area contributed by atoms with E-state index in [1.807, 2.05) is 71.6 Å². The molecule has 0 saturated heterocycles. The topological polar surface area (TPSA) is 42.4 Å². The first-order valence-electron chi connectivity index (χ1n) is 9.65. The van der Waals surface area contributed by atoms with Gasteiger partial charge in [-0.1, -0.05) is 48.0 Å². The minimum absolute atomic E-state index is 0.0695. The van der Waals surface area contributed by atoms with Crippen LogP contribution in [0.3, 0.4) is 0 Å². The summed E-state index contributed by atoms with van der Waals surface area (Å²) in [5.74, 6) is 0.650. The van der Waals surface area contributed by atoms with Crippen LogP contribution in [0.1, 0.15) is 20.9 Å². The number of amides is 1. The molecule has 2 aromatic heterocycles. The molecule has 6 heteroatoms. The van der Waals surface area contributed by atoms with Gasteiger partial charge in [0.05, 0.1) is 12.1 Å². The van der Waals surface area contributed by atoms with Gasteiger partial charge >= 0.3 is 0 Å². The van der Waals surface area contributed by atoms with E-state index in [0.717, 1.165) is 27.1 Å². The first-order valence-corrected chi connectivity index (χ1v) is 10.8. The van der Waals surface area contributed by atoms with E-state index >= 15 is 0 Å². The van der Waals surface area contributed by atoms with Crippen LogP contribution < -0.4 is 4.74 Å². The zero-order valence-electron chi connectivity index (χ0n) is 16.5. The Labute approximate surface area is 184 Å². The number of benzene rings is 2. The number of methoxy groups -OCH3 is 1. The van der Waals surface area contributed by atoms with E-state index in [2.05, 4.69) is 4.98 Å². The molecule has 0 fully saturated rings. The predicted octanol–water partition coefficient (Wildman–Crippen LogP) is 5.84. The van der Waals surface area contributed by atoms with Gasteiger partial charge < -0.3 is 9.64 Å². The van der Waals surface area contributed by atoms with Crippen molar-refractivity contribution in [3.8, 4) is 5.75 Å².